The minimum atomic E-state index is -0.262. The first-order valence-electron chi connectivity index (χ1n) is 12.8. The van der Waals surface area contributed by atoms with Crippen molar-refractivity contribution < 1.29 is 9.59 Å². The lowest BCUT2D eigenvalue weighted by molar-refractivity contribution is -0.139. The van der Waals surface area contributed by atoms with Gasteiger partial charge < -0.3 is 10.2 Å². The highest BCUT2D eigenvalue weighted by Crippen LogP contribution is 2.28. The molecule has 1 N–H and O–H groups in total. The van der Waals surface area contributed by atoms with Gasteiger partial charge in [0.25, 0.3) is 0 Å². The van der Waals surface area contributed by atoms with Crippen LogP contribution in [0, 0.1) is 11.8 Å². The summed E-state index contributed by atoms with van der Waals surface area (Å²) in [6, 6.07) is 19.0. The van der Waals surface area contributed by atoms with Crippen LogP contribution in [0.5, 0.6) is 0 Å². The molecule has 0 saturated carbocycles. The van der Waals surface area contributed by atoms with Gasteiger partial charge in [0.2, 0.25) is 11.8 Å². The van der Waals surface area contributed by atoms with Gasteiger partial charge in [0.1, 0.15) is 5.82 Å². The van der Waals surface area contributed by atoms with E-state index in [1.165, 1.54) is 0 Å². The van der Waals surface area contributed by atoms with E-state index in [9.17, 15) is 9.59 Å². The molecule has 0 aliphatic heterocycles. The van der Waals surface area contributed by atoms with E-state index in [-0.39, 0.29) is 30.2 Å². The first kappa shape index (κ1) is 27.5. The molecule has 1 heterocycles. The van der Waals surface area contributed by atoms with E-state index in [1.54, 1.807) is 15.6 Å². The van der Waals surface area contributed by atoms with E-state index in [4.69, 9.17) is 16.7 Å². The van der Waals surface area contributed by atoms with Crippen LogP contribution in [0.25, 0.3) is 16.9 Å². The summed E-state index contributed by atoms with van der Waals surface area (Å²) in [6.45, 7) is 8.82. The van der Waals surface area contributed by atoms with Crippen molar-refractivity contribution in [2.75, 3.05) is 18.4 Å². The van der Waals surface area contributed by atoms with Crippen LogP contribution in [0.1, 0.15) is 53.4 Å². The second-order valence-corrected chi connectivity index (χ2v) is 9.96. The van der Waals surface area contributed by atoms with Crippen LogP contribution in [0.4, 0.5) is 5.82 Å². The molecule has 0 fully saturated rings. The van der Waals surface area contributed by atoms with Crippen molar-refractivity contribution in [2.24, 2.45) is 11.8 Å². The lowest BCUT2D eigenvalue weighted by atomic mass is 9.97. The fourth-order valence-corrected chi connectivity index (χ4v) is 4.48. The largest absolute Gasteiger partial charge is 0.333 e. The van der Waals surface area contributed by atoms with Crippen molar-refractivity contribution >= 4 is 29.2 Å². The third kappa shape index (κ3) is 7.20. The van der Waals surface area contributed by atoms with Crippen molar-refractivity contribution in [3.63, 3.8) is 0 Å². The normalized spacial score (nSPS) is 11.9. The quantitative estimate of drug-likeness (QED) is 0.291. The molecule has 0 aliphatic rings. The van der Waals surface area contributed by atoms with Gasteiger partial charge in [0.05, 0.1) is 22.9 Å². The van der Waals surface area contributed by atoms with E-state index >= 15 is 0 Å². The number of nitrogens with one attached hydrogen (secondary N) is 1. The minimum absolute atomic E-state index is 0.00594. The smallest absolute Gasteiger partial charge is 0.245 e. The Morgan fingerprint density at radius 1 is 1.06 bits per heavy atom. The highest BCUT2D eigenvalue weighted by molar-refractivity contribution is 6.32. The molecule has 1 atom stereocenters. The molecular weight excluding hydrogens is 472 g/mol. The zero-order chi connectivity index (χ0) is 26.1. The van der Waals surface area contributed by atoms with Crippen LogP contribution in [-0.2, 0) is 9.59 Å². The van der Waals surface area contributed by atoms with E-state index in [1.807, 2.05) is 61.5 Å². The Balaban J connectivity index is 1.87. The second kappa shape index (κ2) is 13.3. The fraction of sp³-hybridized carbons (Fsp3) is 0.414. The average molecular weight is 509 g/mol. The molecule has 36 heavy (non-hydrogen) atoms. The number of carbonyl (C=O) groups excluding carboxylic acids is 2. The summed E-state index contributed by atoms with van der Waals surface area (Å²) < 4.78 is 1.65. The van der Waals surface area contributed by atoms with Crippen LogP contribution in [-0.4, -0.2) is 39.6 Å². The first-order valence-corrected chi connectivity index (χ1v) is 13.2. The summed E-state index contributed by atoms with van der Waals surface area (Å²) in [5, 5.41) is 8.26. The van der Waals surface area contributed by atoms with E-state index in [2.05, 4.69) is 26.1 Å². The molecule has 3 aromatic rings. The van der Waals surface area contributed by atoms with Gasteiger partial charge in [-0.1, -0.05) is 94.6 Å². The van der Waals surface area contributed by atoms with Crippen LogP contribution in [0.15, 0.2) is 60.7 Å². The van der Waals surface area contributed by atoms with Crippen molar-refractivity contribution in [3.8, 4) is 16.9 Å². The molecule has 6 nitrogen and oxygen atoms in total. The van der Waals surface area contributed by atoms with Crippen molar-refractivity contribution in [3.05, 3.63) is 65.7 Å². The van der Waals surface area contributed by atoms with Gasteiger partial charge in [0, 0.05) is 24.1 Å². The van der Waals surface area contributed by atoms with Crippen LogP contribution in [0.3, 0.4) is 0 Å². The number of carbonyl (C=O) groups is 2. The van der Waals surface area contributed by atoms with E-state index < -0.39 is 0 Å². The van der Waals surface area contributed by atoms with Gasteiger partial charge in [0.15, 0.2) is 0 Å². The topological polar surface area (TPSA) is 67.2 Å². The SMILES string of the molecule is CCCCC(CC)C(=O)N(CC(=O)Nc1cc(-c2ccccc2)nn1-c1ccccc1Cl)CC(C)C. The summed E-state index contributed by atoms with van der Waals surface area (Å²) in [5.41, 5.74) is 2.31. The predicted molar refractivity (Wildman–Crippen MR) is 147 cm³/mol. The number of hydrogen-bond donors (Lipinski definition) is 1. The Bertz CT molecular complexity index is 1140. The maximum Gasteiger partial charge on any atom is 0.245 e. The molecule has 2 amide bonds. The molecular formula is C29H37ClN4O2. The highest BCUT2D eigenvalue weighted by Gasteiger charge is 2.26. The molecule has 7 heteroatoms. The zero-order valence-electron chi connectivity index (χ0n) is 21.7. The van der Waals surface area contributed by atoms with Crippen LogP contribution in [0.2, 0.25) is 5.02 Å². The Morgan fingerprint density at radius 3 is 2.39 bits per heavy atom. The number of anilines is 1. The molecule has 0 bridgehead atoms. The van der Waals surface area contributed by atoms with Gasteiger partial charge in [-0.15, -0.1) is 0 Å². The van der Waals surface area contributed by atoms with Gasteiger partial charge in [-0.05, 0) is 30.9 Å². The van der Waals surface area contributed by atoms with Crippen molar-refractivity contribution in [2.45, 2.75) is 53.4 Å². The minimum Gasteiger partial charge on any atom is -0.333 e. The number of aromatic nitrogens is 2. The zero-order valence-corrected chi connectivity index (χ0v) is 22.5. The molecule has 0 aliphatic carbocycles. The first-order chi connectivity index (χ1) is 17.3. The van der Waals surface area contributed by atoms with Gasteiger partial charge in [-0.25, -0.2) is 4.68 Å². The monoisotopic (exact) mass is 508 g/mol. The third-order valence-corrected chi connectivity index (χ3v) is 6.43. The predicted octanol–water partition coefficient (Wildman–Crippen LogP) is 6.83. The maximum atomic E-state index is 13.3. The van der Waals surface area contributed by atoms with Gasteiger partial charge in [-0.3, -0.25) is 9.59 Å². The van der Waals surface area contributed by atoms with Gasteiger partial charge in [-0.2, -0.15) is 5.10 Å². The molecule has 1 aromatic heterocycles. The number of unbranched alkanes of at least 4 members (excludes halogenated alkanes) is 1. The highest BCUT2D eigenvalue weighted by atomic mass is 35.5. The molecule has 0 radical (unpaired) electrons. The number of rotatable bonds is 12. The second-order valence-electron chi connectivity index (χ2n) is 9.55. The van der Waals surface area contributed by atoms with Crippen molar-refractivity contribution in [1.82, 2.24) is 14.7 Å². The van der Waals surface area contributed by atoms with E-state index in [0.717, 1.165) is 31.2 Å². The van der Waals surface area contributed by atoms with Gasteiger partial charge >= 0.3 is 0 Å². The number of nitrogens with zero attached hydrogens (tertiary/aromatic N) is 3. The molecule has 0 saturated heterocycles. The standard InChI is InChI=1S/C29H37ClN4O2/c1-5-7-13-22(6-2)29(36)33(19-21(3)4)20-28(35)31-27-18-25(23-14-9-8-10-15-23)32-34(27)26-17-12-11-16-24(26)30/h8-12,14-18,21-22H,5-7,13,19-20H2,1-4H3,(H,31,35). The lowest BCUT2D eigenvalue weighted by Crippen LogP contribution is -2.43. The molecule has 3 rings (SSSR count). The molecule has 1 unspecified atom stereocenters. The number of para-hydroxylation sites is 1. The molecule has 192 valence electrons. The third-order valence-electron chi connectivity index (χ3n) is 6.11. The Morgan fingerprint density at radius 2 is 1.75 bits per heavy atom. The molecule has 0 spiro atoms. The summed E-state index contributed by atoms with van der Waals surface area (Å²) in [5.74, 6) is 0.488. The number of amides is 2. The van der Waals surface area contributed by atoms with Crippen molar-refractivity contribution in [1.29, 1.82) is 0 Å². The summed E-state index contributed by atoms with van der Waals surface area (Å²) >= 11 is 6.47. The lowest BCUT2D eigenvalue weighted by Gasteiger charge is -2.28. The maximum absolute atomic E-state index is 13.3. The average Bonchev–Trinajstić information content (AvgIpc) is 3.27. The Kier molecular flexibility index (Phi) is 10.1. The summed E-state index contributed by atoms with van der Waals surface area (Å²) in [6.07, 6.45) is 3.67. The molecule has 2 aromatic carbocycles. The van der Waals surface area contributed by atoms with E-state index in [0.29, 0.717) is 28.8 Å². The number of halogens is 1. The number of hydrogen-bond acceptors (Lipinski definition) is 3. The van der Waals surface area contributed by atoms with Crippen LogP contribution < -0.4 is 5.32 Å². The van der Waals surface area contributed by atoms with Crippen LogP contribution >= 0.6 is 11.6 Å². The Hall–Kier alpha value is -3.12. The summed E-state index contributed by atoms with van der Waals surface area (Å²) in [7, 11) is 0. The summed E-state index contributed by atoms with van der Waals surface area (Å²) in [4.78, 5) is 28.3. The number of benzene rings is 2. The fourth-order valence-electron chi connectivity index (χ4n) is 4.27. The Labute approximate surface area is 219 Å².